The number of nitrogens with zero attached hydrogens (tertiary/aromatic N) is 3. The van der Waals surface area contributed by atoms with Crippen LogP contribution in [0.1, 0.15) is 19.9 Å². The average Bonchev–Trinajstić information content (AvgIpc) is 2.67. The van der Waals surface area contributed by atoms with Crippen LogP contribution in [-0.4, -0.2) is 39.5 Å². The summed E-state index contributed by atoms with van der Waals surface area (Å²) in [5.74, 6) is -0.0337. The van der Waals surface area contributed by atoms with Gasteiger partial charge in [0.05, 0.1) is 5.75 Å². The Morgan fingerprint density at radius 2 is 2.11 bits per heavy atom. The number of hydrogen-bond donors (Lipinski definition) is 3. The smallest absolute Gasteiger partial charge is 0.321 e. The highest BCUT2D eigenvalue weighted by molar-refractivity contribution is 7.99. The predicted molar refractivity (Wildman–Crippen MR) is 68.1 cm³/mol. The number of aromatic nitrogens is 3. The van der Waals surface area contributed by atoms with Gasteiger partial charge in [0.15, 0.2) is 5.16 Å². The molecule has 100 valence electrons. The summed E-state index contributed by atoms with van der Waals surface area (Å²) in [6.45, 7) is 3.88. The van der Waals surface area contributed by atoms with E-state index in [2.05, 4.69) is 20.8 Å². The number of rotatable bonds is 4. The molecule has 9 heteroatoms. The van der Waals surface area contributed by atoms with Crippen LogP contribution >= 0.6 is 11.8 Å². The molecule has 0 fully saturated rings. The van der Waals surface area contributed by atoms with Gasteiger partial charge in [-0.1, -0.05) is 11.8 Å². The summed E-state index contributed by atoms with van der Waals surface area (Å²) in [5.41, 5.74) is 5.66. The number of imide groups is 1. The first-order valence-electron chi connectivity index (χ1n) is 5.30. The molecular formula is C9H16N6O2S. The van der Waals surface area contributed by atoms with E-state index in [1.54, 1.807) is 4.57 Å². The number of carbonyl (C=O) groups excluding carboxylic acids is 2. The van der Waals surface area contributed by atoms with Gasteiger partial charge in [-0.3, -0.25) is 14.7 Å². The molecule has 1 rings (SSSR count). The summed E-state index contributed by atoms with van der Waals surface area (Å²) in [4.78, 5) is 22.3. The number of amides is 3. The van der Waals surface area contributed by atoms with Crippen LogP contribution in [0.25, 0.3) is 0 Å². The highest BCUT2D eigenvalue weighted by Crippen LogP contribution is 2.22. The lowest BCUT2D eigenvalue weighted by atomic mass is 10.4. The maximum absolute atomic E-state index is 11.4. The van der Waals surface area contributed by atoms with Gasteiger partial charge in [-0.05, 0) is 13.8 Å². The van der Waals surface area contributed by atoms with Crippen molar-refractivity contribution in [1.29, 1.82) is 0 Å². The third-order valence-corrected chi connectivity index (χ3v) is 2.96. The molecule has 0 aromatic carbocycles. The van der Waals surface area contributed by atoms with Crippen molar-refractivity contribution >= 4 is 29.6 Å². The number of urea groups is 1. The summed E-state index contributed by atoms with van der Waals surface area (Å²) in [5, 5.41) is 12.6. The number of nitrogens with one attached hydrogen (secondary N) is 2. The van der Waals surface area contributed by atoms with Crippen molar-refractivity contribution in [3.05, 3.63) is 0 Å². The zero-order valence-corrected chi connectivity index (χ0v) is 11.2. The molecule has 1 aromatic rings. The van der Waals surface area contributed by atoms with Gasteiger partial charge >= 0.3 is 6.03 Å². The van der Waals surface area contributed by atoms with E-state index in [-0.39, 0.29) is 11.8 Å². The van der Waals surface area contributed by atoms with E-state index in [4.69, 9.17) is 5.73 Å². The standard InChI is InChI=1S/C9H16N6O2S/c1-5(2)15-7(10)13-14-9(15)18-4-6(16)12-8(17)11-3/h5H,4H2,1-3H3,(H2,10,13)(H2,11,12,16,17). The molecule has 1 aromatic heterocycles. The molecular weight excluding hydrogens is 256 g/mol. The van der Waals surface area contributed by atoms with Gasteiger partial charge in [0, 0.05) is 13.1 Å². The van der Waals surface area contributed by atoms with Crippen LogP contribution in [0, 0.1) is 0 Å². The second-order valence-corrected chi connectivity index (χ2v) is 4.66. The lowest BCUT2D eigenvalue weighted by Crippen LogP contribution is -2.38. The molecule has 18 heavy (non-hydrogen) atoms. The number of anilines is 1. The van der Waals surface area contributed by atoms with Crippen LogP contribution in [0.15, 0.2) is 5.16 Å². The van der Waals surface area contributed by atoms with Crippen molar-refractivity contribution in [2.24, 2.45) is 0 Å². The average molecular weight is 272 g/mol. The molecule has 0 aliphatic carbocycles. The number of nitrogen functional groups attached to an aromatic ring is 1. The van der Waals surface area contributed by atoms with Crippen molar-refractivity contribution in [3.63, 3.8) is 0 Å². The number of carbonyl (C=O) groups is 2. The molecule has 0 radical (unpaired) electrons. The Balaban J connectivity index is 2.59. The third-order valence-electron chi connectivity index (χ3n) is 2.02. The van der Waals surface area contributed by atoms with Crippen LogP contribution in [0.4, 0.5) is 10.7 Å². The number of nitrogens with two attached hydrogens (primary N) is 1. The Morgan fingerprint density at radius 3 is 2.67 bits per heavy atom. The Bertz CT molecular complexity index is 444. The topological polar surface area (TPSA) is 115 Å². The first-order chi connectivity index (χ1) is 8.45. The van der Waals surface area contributed by atoms with Crippen LogP contribution in [0.2, 0.25) is 0 Å². The van der Waals surface area contributed by atoms with Crippen molar-refractivity contribution in [1.82, 2.24) is 25.4 Å². The maximum atomic E-state index is 11.4. The Kier molecular flexibility index (Phi) is 4.95. The van der Waals surface area contributed by atoms with E-state index >= 15 is 0 Å². The first-order valence-corrected chi connectivity index (χ1v) is 6.29. The molecule has 4 N–H and O–H groups in total. The molecule has 0 aliphatic heterocycles. The summed E-state index contributed by atoms with van der Waals surface area (Å²) in [6, 6.07) is -0.435. The van der Waals surface area contributed by atoms with Gasteiger partial charge in [-0.25, -0.2) is 4.79 Å². The van der Waals surface area contributed by atoms with Gasteiger partial charge < -0.3 is 11.1 Å². The van der Waals surface area contributed by atoms with Crippen LogP contribution in [0.5, 0.6) is 0 Å². The van der Waals surface area contributed by atoms with E-state index in [0.29, 0.717) is 11.1 Å². The molecule has 0 spiro atoms. The van der Waals surface area contributed by atoms with Crippen molar-refractivity contribution in [3.8, 4) is 0 Å². The van der Waals surface area contributed by atoms with Crippen LogP contribution in [-0.2, 0) is 4.79 Å². The van der Waals surface area contributed by atoms with Crippen LogP contribution in [0.3, 0.4) is 0 Å². The van der Waals surface area contributed by atoms with E-state index in [1.165, 1.54) is 18.8 Å². The fourth-order valence-corrected chi connectivity index (χ4v) is 2.10. The molecule has 3 amide bonds. The molecule has 0 unspecified atom stereocenters. The first kappa shape index (κ1) is 14.3. The van der Waals surface area contributed by atoms with Crippen molar-refractivity contribution in [2.45, 2.75) is 25.0 Å². The zero-order valence-electron chi connectivity index (χ0n) is 10.4. The normalized spacial score (nSPS) is 10.4. The lowest BCUT2D eigenvalue weighted by molar-refractivity contribution is -0.117. The Morgan fingerprint density at radius 1 is 1.44 bits per heavy atom. The molecule has 0 saturated carbocycles. The molecule has 0 saturated heterocycles. The summed E-state index contributed by atoms with van der Waals surface area (Å²) in [7, 11) is 1.44. The Hall–Kier alpha value is -1.77. The van der Waals surface area contributed by atoms with Crippen molar-refractivity contribution in [2.75, 3.05) is 18.5 Å². The highest BCUT2D eigenvalue weighted by Gasteiger charge is 2.15. The molecule has 0 atom stereocenters. The minimum absolute atomic E-state index is 0.0677. The predicted octanol–water partition coefficient (Wildman–Crippen LogP) is -0.0111. The second-order valence-electron chi connectivity index (χ2n) is 3.72. The van der Waals surface area contributed by atoms with E-state index in [1.807, 2.05) is 13.8 Å². The monoisotopic (exact) mass is 272 g/mol. The van der Waals surface area contributed by atoms with Gasteiger partial charge in [0.2, 0.25) is 11.9 Å². The SMILES string of the molecule is CNC(=O)NC(=O)CSc1nnc(N)n1C(C)C. The second kappa shape index (κ2) is 6.24. The minimum Gasteiger partial charge on any atom is -0.368 e. The Labute approximate surface area is 109 Å². The molecule has 1 heterocycles. The summed E-state index contributed by atoms with van der Waals surface area (Å²) in [6.07, 6.45) is 0. The minimum atomic E-state index is -0.537. The lowest BCUT2D eigenvalue weighted by Gasteiger charge is -2.10. The van der Waals surface area contributed by atoms with Gasteiger partial charge in [-0.15, -0.1) is 10.2 Å². The van der Waals surface area contributed by atoms with Gasteiger partial charge in [0.25, 0.3) is 0 Å². The largest absolute Gasteiger partial charge is 0.368 e. The molecule has 8 nitrogen and oxygen atoms in total. The number of hydrogen-bond acceptors (Lipinski definition) is 6. The fourth-order valence-electron chi connectivity index (χ4n) is 1.23. The number of thioether (sulfide) groups is 1. The summed E-state index contributed by atoms with van der Waals surface area (Å²) < 4.78 is 1.72. The van der Waals surface area contributed by atoms with Crippen molar-refractivity contribution < 1.29 is 9.59 Å². The molecule has 0 bridgehead atoms. The van der Waals surface area contributed by atoms with Gasteiger partial charge in [-0.2, -0.15) is 0 Å². The van der Waals surface area contributed by atoms with E-state index in [9.17, 15) is 9.59 Å². The third kappa shape index (κ3) is 3.62. The highest BCUT2D eigenvalue weighted by atomic mass is 32.2. The van der Waals surface area contributed by atoms with E-state index in [0.717, 1.165) is 0 Å². The quantitative estimate of drug-likeness (QED) is 0.664. The summed E-state index contributed by atoms with van der Waals surface area (Å²) >= 11 is 1.17. The maximum Gasteiger partial charge on any atom is 0.321 e. The van der Waals surface area contributed by atoms with Gasteiger partial charge in [0.1, 0.15) is 0 Å². The fraction of sp³-hybridized carbons (Fsp3) is 0.556. The zero-order chi connectivity index (χ0) is 13.7. The molecule has 0 aliphatic rings. The van der Waals surface area contributed by atoms with E-state index < -0.39 is 11.9 Å². The van der Waals surface area contributed by atoms with Crippen LogP contribution < -0.4 is 16.4 Å².